The van der Waals surface area contributed by atoms with Gasteiger partial charge in [0.05, 0.1) is 9.75 Å². The van der Waals surface area contributed by atoms with Crippen LogP contribution in [0.1, 0.15) is 0 Å². The summed E-state index contributed by atoms with van der Waals surface area (Å²) < 4.78 is 0. The SMILES string of the molecule is c1ccc(N(c2ccccc2)c2ccc(-c3ncc(-c4cnc(-c5ccc(N(c6ccccc6)c6ccccc6)cc5)s4)s3)cc2)cc1. The van der Waals surface area contributed by atoms with Gasteiger partial charge in [-0.1, -0.05) is 72.8 Å². The van der Waals surface area contributed by atoms with Crippen molar-refractivity contribution in [1.29, 1.82) is 0 Å². The molecule has 2 heterocycles. The molecule has 8 aromatic rings. The standard InChI is InChI=1S/C42H30N4S2/c1-5-13-33(14-6-1)45(34-15-7-2-8-16-34)37-25-21-31(22-26-37)41-43-29-39(47-41)40-30-44-42(48-40)32-23-27-38(28-24-32)46(35-17-9-3-10-18-35)36-19-11-4-12-20-36/h1-30H. The molecule has 0 saturated heterocycles. The number of benzene rings is 6. The van der Waals surface area contributed by atoms with Gasteiger partial charge < -0.3 is 9.80 Å². The van der Waals surface area contributed by atoms with Crippen LogP contribution < -0.4 is 9.80 Å². The second kappa shape index (κ2) is 13.5. The highest BCUT2D eigenvalue weighted by Crippen LogP contribution is 2.40. The van der Waals surface area contributed by atoms with Crippen LogP contribution in [-0.4, -0.2) is 9.97 Å². The molecule has 0 unspecified atom stereocenters. The van der Waals surface area contributed by atoms with Crippen molar-refractivity contribution in [3.63, 3.8) is 0 Å². The van der Waals surface area contributed by atoms with Crippen LogP contribution in [0.4, 0.5) is 34.1 Å². The molecule has 6 aromatic carbocycles. The molecule has 4 nitrogen and oxygen atoms in total. The number of anilines is 6. The van der Waals surface area contributed by atoms with E-state index in [0.29, 0.717) is 0 Å². The van der Waals surface area contributed by atoms with Crippen molar-refractivity contribution in [2.75, 3.05) is 9.80 Å². The van der Waals surface area contributed by atoms with Crippen LogP contribution in [0, 0.1) is 0 Å². The summed E-state index contributed by atoms with van der Waals surface area (Å²) >= 11 is 3.39. The predicted octanol–water partition coefficient (Wildman–Crippen LogP) is 12.5. The van der Waals surface area contributed by atoms with Crippen molar-refractivity contribution in [3.05, 3.63) is 182 Å². The Morgan fingerprint density at radius 3 is 0.875 bits per heavy atom. The summed E-state index contributed by atoms with van der Waals surface area (Å²) in [5.74, 6) is 0. The normalized spacial score (nSPS) is 10.9. The molecule has 0 N–H and O–H groups in total. The monoisotopic (exact) mass is 654 g/mol. The maximum Gasteiger partial charge on any atom is 0.123 e. The van der Waals surface area contributed by atoms with Crippen molar-refractivity contribution < 1.29 is 0 Å². The van der Waals surface area contributed by atoms with Gasteiger partial charge in [-0.3, -0.25) is 0 Å². The zero-order chi connectivity index (χ0) is 32.1. The number of aromatic nitrogens is 2. The molecule has 0 saturated carbocycles. The first-order valence-electron chi connectivity index (χ1n) is 15.7. The minimum absolute atomic E-state index is 0.990. The van der Waals surface area contributed by atoms with Crippen LogP contribution in [0.2, 0.25) is 0 Å². The van der Waals surface area contributed by atoms with Crippen molar-refractivity contribution in [2.45, 2.75) is 0 Å². The highest BCUT2D eigenvalue weighted by molar-refractivity contribution is 7.24. The smallest absolute Gasteiger partial charge is 0.123 e. The van der Waals surface area contributed by atoms with Crippen LogP contribution in [0.15, 0.2) is 182 Å². The molecule has 0 aliphatic heterocycles. The molecule has 0 aliphatic rings. The molecule has 0 radical (unpaired) electrons. The third-order valence-corrected chi connectivity index (χ3v) is 10.3. The lowest BCUT2D eigenvalue weighted by Crippen LogP contribution is -2.09. The quantitative estimate of drug-likeness (QED) is 0.155. The van der Waals surface area contributed by atoms with E-state index in [1.165, 1.54) is 0 Å². The Balaban J connectivity index is 1.02. The minimum atomic E-state index is 0.990. The van der Waals surface area contributed by atoms with Gasteiger partial charge in [0, 0.05) is 57.6 Å². The highest BCUT2D eigenvalue weighted by atomic mass is 32.1. The molecular weight excluding hydrogens is 625 g/mol. The zero-order valence-corrected chi connectivity index (χ0v) is 27.6. The Labute approximate surface area is 288 Å². The van der Waals surface area contributed by atoms with Gasteiger partial charge in [-0.05, 0) is 97.1 Å². The summed E-state index contributed by atoms with van der Waals surface area (Å²) in [5.41, 5.74) is 8.86. The average Bonchev–Trinajstić information content (AvgIpc) is 3.86. The van der Waals surface area contributed by atoms with Gasteiger partial charge in [0.25, 0.3) is 0 Å². The van der Waals surface area contributed by atoms with E-state index in [1.807, 2.05) is 36.7 Å². The maximum atomic E-state index is 4.80. The van der Waals surface area contributed by atoms with Crippen molar-refractivity contribution >= 4 is 56.8 Å². The predicted molar refractivity (Wildman–Crippen MR) is 203 cm³/mol. The molecule has 0 fully saturated rings. The van der Waals surface area contributed by atoms with Crippen molar-refractivity contribution in [1.82, 2.24) is 9.97 Å². The van der Waals surface area contributed by atoms with Gasteiger partial charge in [0.2, 0.25) is 0 Å². The number of thiazole rings is 2. The Bertz CT molecular complexity index is 1970. The van der Waals surface area contributed by atoms with Gasteiger partial charge in [-0.2, -0.15) is 0 Å². The van der Waals surface area contributed by atoms with Crippen molar-refractivity contribution in [2.24, 2.45) is 0 Å². The lowest BCUT2D eigenvalue weighted by atomic mass is 10.1. The first kappa shape index (κ1) is 29.6. The van der Waals surface area contributed by atoms with E-state index in [4.69, 9.17) is 9.97 Å². The summed E-state index contributed by atoms with van der Waals surface area (Å²) in [5, 5.41) is 1.98. The van der Waals surface area contributed by atoms with E-state index in [-0.39, 0.29) is 0 Å². The van der Waals surface area contributed by atoms with Crippen LogP contribution >= 0.6 is 22.7 Å². The summed E-state index contributed by atoms with van der Waals surface area (Å²) in [6.45, 7) is 0. The second-order valence-electron chi connectivity index (χ2n) is 11.2. The topological polar surface area (TPSA) is 32.3 Å². The molecule has 0 bridgehead atoms. The number of para-hydroxylation sites is 4. The molecule has 6 heteroatoms. The first-order chi connectivity index (χ1) is 23.8. The zero-order valence-electron chi connectivity index (χ0n) is 25.9. The molecule has 0 aliphatic carbocycles. The van der Waals surface area contributed by atoms with Crippen LogP contribution in [0.25, 0.3) is 30.9 Å². The number of nitrogens with zero attached hydrogens (tertiary/aromatic N) is 4. The Kier molecular flexibility index (Phi) is 8.32. The molecule has 48 heavy (non-hydrogen) atoms. The Morgan fingerprint density at radius 1 is 0.312 bits per heavy atom. The fraction of sp³-hybridized carbons (Fsp3) is 0. The van der Waals surface area contributed by atoms with Gasteiger partial charge >= 0.3 is 0 Å². The third kappa shape index (κ3) is 6.15. The fourth-order valence-electron chi connectivity index (χ4n) is 5.75. The Morgan fingerprint density at radius 2 is 0.583 bits per heavy atom. The average molecular weight is 655 g/mol. The first-order valence-corrected chi connectivity index (χ1v) is 17.4. The number of rotatable bonds is 9. The lowest BCUT2D eigenvalue weighted by Gasteiger charge is -2.25. The number of hydrogen-bond donors (Lipinski definition) is 0. The summed E-state index contributed by atoms with van der Waals surface area (Å²) in [6, 6.07) is 59.1. The van der Waals surface area contributed by atoms with Crippen LogP contribution in [0.5, 0.6) is 0 Å². The van der Waals surface area contributed by atoms with E-state index in [9.17, 15) is 0 Å². The van der Waals surface area contributed by atoms with Gasteiger partial charge in [0.1, 0.15) is 10.0 Å². The van der Waals surface area contributed by atoms with Gasteiger partial charge in [-0.25, -0.2) is 9.97 Å². The molecular formula is C42H30N4S2. The number of hydrogen-bond acceptors (Lipinski definition) is 6. The maximum absolute atomic E-state index is 4.80. The minimum Gasteiger partial charge on any atom is -0.311 e. The van der Waals surface area contributed by atoms with Crippen molar-refractivity contribution in [3.8, 4) is 30.9 Å². The van der Waals surface area contributed by atoms with Crippen LogP contribution in [0.3, 0.4) is 0 Å². The van der Waals surface area contributed by atoms with E-state index in [0.717, 1.165) is 65.0 Å². The molecule has 2 aromatic heterocycles. The third-order valence-electron chi connectivity index (χ3n) is 8.06. The molecule has 0 atom stereocenters. The highest BCUT2D eigenvalue weighted by Gasteiger charge is 2.16. The van der Waals surface area contributed by atoms with E-state index >= 15 is 0 Å². The van der Waals surface area contributed by atoms with E-state index in [2.05, 4.69) is 155 Å². The van der Waals surface area contributed by atoms with E-state index < -0.39 is 0 Å². The Hall–Kier alpha value is -5.82. The molecule has 0 spiro atoms. The van der Waals surface area contributed by atoms with E-state index in [1.54, 1.807) is 22.7 Å². The molecule has 8 rings (SSSR count). The largest absolute Gasteiger partial charge is 0.311 e. The summed E-state index contributed by atoms with van der Waals surface area (Å²) in [4.78, 5) is 16.4. The molecule has 230 valence electrons. The van der Waals surface area contributed by atoms with Gasteiger partial charge in [0.15, 0.2) is 0 Å². The summed E-state index contributed by atoms with van der Waals surface area (Å²) in [6.07, 6.45) is 3.93. The fourth-order valence-corrected chi connectivity index (χ4v) is 7.65. The molecule has 0 amide bonds. The second-order valence-corrected chi connectivity index (χ2v) is 13.2. The van der Waals surface area contributed by atoms with Crippen LogP contribution in [-0.2, 0) is 0 Å². The lowest BCUT2D eigenvalue weighted by molar-refractivity contribution is 1.28. The van der Waals surface area contributed by atoms with Gasteiger partial charge in [-0.15, -0.1) is 22.7 Å². The summed E-state index contributed by atoms with van der Waals surface area (Å²) in [7, 11) is 0.